The van der Waals surface area contributed by atoms with Crippen molar-refractivity contribution in [3.63, 3.8) is 0 Å². The van der Waals surface area contributed by atoms with Crippen molar-refractivity contribution in [2.24, 2.45) is 10.9 Å². The lowest BCUT2D eigenvalue weighted by Gasteiger charge is -2.07. The Hall–Kier alpha value is -2.46. The molecule has 21 heavy (non-hydrogen) atoms. The van der Waals surface area contributed by atoms with E-state index in [1.54, 1.807) is 7.11 Å². The van der Waals surface area contributed by atoms with Gasteiger partial charge in [-0.05, 0) is 0 Å². The van der Waals surface area contributed by atoms with Crippen LogP contribution in [0, 0.1) is 10.1 Å². The summed E-state index contributed by atoms with van der Waals surface area (Å²) in [4.78, 5) is 14.1. The van der Waals surface area contributed by atoms with Crippen LogP contribution in [-0.2, 0) is 9.47 Å². The largest absolute Gasteiger partial charge is 0.470 e. The highest BCUT2D eigenvalue weighted by Crippen LogP contribution is 2.24. The molecule has 10 nitrogen and oxygen atoms in total. The number of pyridine rings is 1. The molecular formula is C11H16N4O6. The number of rotatable bonds is 9. The van der Waals surface area contributed by atoms with E-state index in [0.717, 1.165) is 6.07 Å². The van der Waals surface area contributed by atoms with Crippen molar-refractivity contribution >= 4 is 11.5 Å². The second-order valence-corrected chi connectivity index (χ2v) is 3.74. The summed E-state index contributed by atoms with van der Waals surface area (Å²) in [6, 6.07) is 1.11. The van der Waals surface area contributed by atoms with E-state index in [9.17, 15) is 10.1 Å². The molecule has 10 heteroatoms. The summed E-state index contributed by atoms with van der Waals surface area (Å²) >= 11 is 0. The predicted molar refractivity (Wildman–Crippen MR) is 71.6 cm³/mol. The van der Waals surface area contributed by atoms with Crippen LogP contribution in [0.1, 0.15) is 5.56 Å². The van der Waals surface area contributed by atoms with E-state index < -0.39 is 4.92 Å². The number of nitro groups is 1. The van der Waals surface area contributed by atoms with Gasteiger partial charge in [-0.3, -0.25) is 10.1 Å². The minimum absolute atomic E-state index is 0.0977. The summed E-state index contributed by atoms with van der Waals surface area (Å²) in [7, 11) is 1.55. The van der Waals surface area contributed by atoms with Crippen LogP contribution in [0.5, 0.6) is 5.88 Å². The van der Waals surface area contributed by atoms with Crippen LogP contribution >= 0.6 is 0 Å². The van der Waals surface area contributed by atoms with E-state index in [1.807, 2.05) is 0 Å². The zero-order valence-corrected chi connectivity index (χ0v) is 11.4. The van der Waals surface area contributed by atoms with Crippen molar-refractivity contribution in [1.82, 2.24) is 4.98 Å². The van der Waals surface area contributed by atoms with Gasteiger partial charge in [-0.1, -0.05) is 5.16 Å². The lowest BCUT2D eigenvalue weighted by atomic mass is 10.2. The maximum Gasteiger partial charge on any atom is 0.331 e. The van der Waals surface area contributed by atoms with E-state index in [4.69, 9.17) is 25.2 Å². The molecule has 0 atom stereocenters. The number of nitrogens with two attached hydrogens (primary N) is 1. The van der Waals surface area contributed by atoms with Gasteiger partial charge in [0.25, 0.3) is 5.88 Å². The number of nitrogens with zero attached hydrogens (tertiary/aromatic N) is 3. The molecule has 0 fully saturated rings. The Balaban J connectivity index is 2.67. The molecular weight excluding hydrogens is 284 g/mol. The third-order valence-corrected chi connectivity index (χ3v) is 2.33. The summed E-state index contributed by atoms with van der Waals surface area (Å²) in [5.74, 6) is -0.440. The Morgan fingerprint density at radius 3 is 2.81 bits per heavy atom. The Bertz CT molecular complexity index is 507. The van der Waals surface area contributed by atoms with Gasteiger partial charge in [0.05, 0.1) is 24.7 Å². The highest BCUT2D eigenvalue weighted by atomic mass is 16.6. The van der Waals surface area contributed by atoms with Crippen molar-refractivity contribution in [1.29, 1.82) is 0 Å². The predicted octanol–water partition coefficient (Wildman–Crippen LogP) is 0.126. The minimum Gasteiger partial charge on any atom is -0.470 e. The first-order valence-corrected chi connectivity index (χ1v) is 5.92. The van der Waals surface area contributed by atoms with Crippen LogP contribution in [0.3, 0.4) is 0 Å². The van der Waals surface area contributed by atoms with Crippen LogP contribution in [0.2, 0.25) is 0 Å². The zero-order valence-electron chi connectivity index (χ0n) is 11.4. The molecule has 3 N–H and O–H groups in total. The fourth-order valence-electron chi connectivity index (χ4n) is 1.32. The van der Waals surface area contributed by atoms with E-state index >= 15 is 0 Å². The Morgan fingerprint density at radius 2 is 2.19 bits per heavy atom. The van der Waals surface area contributed by atoms with E-state index in [-0.39, 0.29) is 36.2 Å². The van der Waals surface area contributed by atoms with Crippen LogP contribution in [0.15, 0.2) is 17.4 Å². The Labute approximate surface area is 120 Å². The molecule has 0 spiro atoms. The van der Waals surface area contributed by atoms with Gasteiger partial charge in [-0.15, -0.1) is 0 Å². The molecule has 1 rings (SSSR count). The molecule has 0 aliphatic carbocycles. The van der Waals surface area contributed by atoms with Crippen LogP contribution in [0.4, 0.5) is 5.69 Å². The average Bonchev–Trinajstić information content (AvgIpc) is 2.49. The normalized spacial score (nSPS) is 11.4. The molecule has 0 saturated heterocycles. The number of hydrogen-bond donors (Lipinski definition) is 2. The van der Waals surface area contributed by atoms with E-state index in [0.29, 0.717) is 13.2 Å². The van der Waals surface area contributed by atoms with Gasteiger partial charge in [-0.2, -0.15) is 0 Å². The fraction of sp³-hybridized carbons (Fsp3) is 0.455. The van der Waals surface area contributed by atoms with Crippen molar-refractivity contribution in [2.75, 3.05) is 33.5 Å². The first-order chi connectivity index (χ1) is 10.1. The third-order valence-electron chi connectivity index (χ3n) is 2.33. The summed E-state index contributed by atoms with van der Waals surface area (Å²) in [6.07, 6.45) is 1.21. The number of ether oxygens (including phenoxy) is 3. The molecule has 0 radical (unpaired) electrons. The van der Waals surface area contributed by atoms with Crippen LogP contribution in [-0.4, -0.2) is 54.5 Å². The van der Waals surface area contributed by atoms with Crippen molar-refractivity contribution < 1.29 is 24.3 Å². The Morgan fingerprint density at radius 1 is 1.48 bits per heavy atom. The quantitative estimate of drug-likeness (QED) is 0.163. The van der Waals surface area contributed by atoms with Gasteiger partial charge in [0, 0.05) is 24.9 Å². The minimum atomic E-state index is -0.664. The highest BCUT2D eigenvalue weighted by Gasteiger charge is 2.19. The van der Waals surface area contributed by atoms with Gasteiger partial charge in [-0.25, -0.2) is 4.98 Å². The fourth-order valence-corrected chi connectivity index (χ4v) is 1.32. The summed E-state index contributed by atoms with van der Waals surface area (Å²) in [6.45, 7) is 1.19. The van der Waals surface area contributed by atoms with Crippen LogP contribution < -0.4 is 10.5 Å². The first-order valence-electron chi connectivity index (χ1n) is 5.92. The standard InChI is InChI=1S/C11H16N4O6/c1-19-2-3-20-4-5-21-11-9(15(17)18)6-8(7-13-11)10(12)14-16/h6-7,16H,2-5H2,1H3,(H2,12,14). The second kappa shape index (κ2) is 8.66. The molecule has 1 aromatic rings. The highest BCUT2D eigenvalue weighted by molar-refractivity contribution is 5.97. The number of oxime groups is 1. The smallest absolute Gasteiger partial charge is 0.331 e. The van der Waals surface area contributed by atoms with Gasteiger partial charge >= 0.3 is 5.69 Å². The van der Waals surface area contributed by atoms with Crippen molar-refractivity contribution in [3.05, 3.63) is 27.9 Å². The monoisotopic (exact) mass is 300 g/mol. The van der Waals surface area contributed by atoms with Gasteiger partial charge < -0.3 is 25.2 Å². The second-order valence-electron chi connectivity index (χ2n) is 3.74. The molecule has 0 aliphatic heterocycles. The summed E-state index contributed by atoms with van der Waals surface area (Å²) in [5.41, 5.74) is 5.09. The van der Waals surface area contributed by atoms with Gasteiger partial charge in [0.15, 0.2) is 5.84 Å². The first kappa shape index (κ1) is 16.6. The third kappa shape index (κ3) is 5.20. The maximum atomic E-state index is 11.0. The molecule has 0 aromatic carbocycles. The van der Waals surface area contributed by atoms with E-state index in [2.05, 4.69) is 10.1 Å². The van der Waals surface area contributed by atoms with Gasteiger partial charge in [0.2, 0.25) is 0 Å². The summed E-state index contributed by atoms with van der Waals surface area (Å²) in [5, 5.41) is 22.2. The number of aromatic nitrogens is 1. The SMILES string of the molecule is COCCOCCOc1ncc(C(N)=NO)cc1[N+](=O)[O-]. The molecule has 1 aromatic heterocycles. The van der Waals surface area contributed by atoms with Crippen molar-refractivity contribution in [3.8, 4) is 5.88 Å². The number of methoxy groups -OCH3 is 1. The molecule has 0 saturated carbocycles. The lowest BCUT2D eigenvalue weighted by Crippen LogP contribution is -2.15. The summed E-state index contributed by atoms with van der Waals surface area (Å²) < 4.78 is 15.1. The topological polar surface area (TPSA) is 142 Å². The average molecular weight is 300 g/mol. The molecule has 0 unspecified atom stereocenters. The number of amidine groups is 1. The molecule has 0 bridgehead atoms. The van der Waals surface area contributed by atoms with Crippen molar-refractivity contribution in [2.45, 2.75) is 0 Å². The number of hydrogen-bond acceptors (Lipinski definition) is 8. The van der Waals surface area contributed by atoms with Crippen LogP contribution in [0.25, 0.3) is 0 Å². The molecule has 1 heterocycles. The molecule has 0 amide bonds. The van der Waals surface area contributed by atoms with E-state index in [1.165, 1.54) is 6.20 Å². The maximum absolute atomic E-state index is 11.0. The lowest BCUT2D eigenvalue weighted by molar-refractivity contribution is -0.386. The molecule has 116 valence electrons. The van der Waals surface area contributed by atoms with Gasteiger partial charge in [0.1, 0.15) is 6.61 Å². The molecule has 0 aliphatic rings. The Kier molecular flexibility index (Phi) is 6.84. The zero-order chi connectivity index (χ0) is 15.7.